The van der Waals surface area contributed by atoms with Crippen LogP contribution in [0.25, 0.3) is 0 Å². The summed E-state index contributed by atoms with van der Waals surface area (Å²) in [6, 6.07) is 7.13. The van der Waals surface area contributed by atoms with Crippen molar-refractivity contribution in [3.05, 3.63) is 29.8 Å². The first-order valence-electron chi connectivity index (χ1n) is 5.67. The van der Waals surface area contributed by atoms with E-state index < -0.39 is 0 Å². The summed E-state index contributed by atoms with van der Waals surface area (Å²) in [4.78, 5) is 11.9. The molecule has 0 atom stereocenters. The molecule has 1 aromatic carbocycles. The van der Waals surface area contributed by atoms with E-state index in [-0.39, 0.29) is 11.3 Å². The third-order valence-electron chi connectivity index (χ3n) is 3.20. The zero-order chi connectivity index (χ0) is 12.3. The van der Waals surface area contributed by atoms with Crippen molar-refractivity contribution in [1.82, 2.24) is 5.32 Å². The van der Waals surface area contributed by atoms with Gasteiger partial charge in [-0.3, -0.25) is 4.79 Å². The number of rotatable bonds is 5. The minimum Gasteiger partial charge on any atom is -0.497 e. The van der Waals surface area contributed by atoms with Crippen LogP contribution in [0, 0.1) is 5.41 Å². The van der Waals surface area contributed by atoms with E-state index in [2.05, 4.69) is 5.32 Å². The Morgan fingerprint density at radius 1 is 1.53 bits per heavy atom. The predicted molar refractivity (Wildman–Crippen MR) is 67.7 cm³/mol. The van der Waals surface area contributed by atoms with Crippen LogP contribution in [-0.2, 0) is 0 Å². The van der Waals surface area contributed by atoms with Gasteiger partial charge in [-0.05, 0) is 31.0 Å². The Hall–Kier alpha value is -1.22. The first-order valence-corrected chi connectivity index (χ1v) is 6.21. The van der Waals surface area contributed by atoms with E-state index in [1.165, 1.54) is 0 Å². The van der Waals surface area contributed by atoms with Gasteiger partial charge in [0.15, 0.2) is 0 Å². The highest BCUT2D eigenvalue weighted by molar-refractivity contribution is 6.18. The standard InChI is InChI=1S/C13H16ClNO2/c1-17-11-4-2-3-10(7-11)12(16)15-9-13(8-14)5-6-13/h2-4,7H,5-6,8-9H2,1H3,(H,15,16). The zero-order valence-electron chi connectivity index (χ0n) is 9.83. The number of benzene rings is 1. The Morgan fingerprint density at radius 3 is 2.88 bits per heavy atom. The van der Waals surface area contributed by atoms with Gasteiger partial charge in [-0.1, -0.05) is 6.07 Å². The molecule has 0 spiro atoms. The second-order valence-electron chi connectivity index (χ2n) is 4.55. The molecular weight excluding hydrogens is 238 g/mol. The lowest BCUT2D eigenvalue weighted by Crippen LogP contribution is -2.30. The van der Waals surface area contributed by atoms with Crippen LogP contribution < -0.4 is 10.1 Å². The summed E-state index contributed by atoms with van der Waals surface area (Å²) < 4.78 is 5.08. The van der Waals surface area contributed by atoms with Crippen molar-refractivity contribution in [3.63, 3.8) is 0 Å². The summed E-state index contributed by atoms with van der Waals surface area (Å²) in [6.07, 6.45) is 2.21. The van der Waals surface area contributed by atoms with Crippen LogP contribution in [0.1, 0.15) is 23.2 Å². The lowest BCUT2D eigenvalue weighted by Gasteiger charge is -2.12. The molecule has 17 heavy (non-hydrogen) atoms. The molecule has 0 unspecified atom stereocenters. The van der Waals surface area contributed by atoms with Gasteiger partial charge in [-0.25, -0.2) is 0 Å². The van der Waals surface area contributed by atoms with Crippen molar-refractivity contribution in [2.24, 2.45) is 5.41 Å². The molecule has 0 radical (unpaired) electrons. The van der Waals surface area contributed by atoms with E-state index in [0.717, 1.165) is 12.8 Å². The van der Waals surface area contributed by atoms with Crippen LogP contribution >= 0.6 is 11.6 Å². The molecule has 92 valence electrons. The summed E-state index contributed by atoms with van der Waals surface area (Å²) in [5.41, 5.74) is 0.769. The molecule has 0 heterocycles. The summed E-state index contributed by atoms with van der Waals surface area (Å²) in [6.45, 7) is 0.659. The van der Waals surface area contributed by atoms with Crippen molar-refractivity contribution < 1.29 is 9.53 Å². The van der Waals surface area contributed by atoms with Gasteiger partial charge < -0.3 is 10.1 Å². The topological polar surface area (TPSA) is 38.3 Å². The van der Waals surface area contributed by atoms with Crippen molar-refractivity contribution in [1.29, 1.82) is 0 Å². The number of methoxy groups -OCH3 is 1. The highest BCUT2D eigenvalue weighted by atomic mass is 35.5. The van der Waals surface area contributed by atoms with Crippen molar-refractivity contribution >= 4 is 17.5 Å². The molecule has 0 aromatic heterocycles. The van der Waals surface area contributed by atoms with Crippen LogP contribution in [-0.4, -0.2) is 25.4 Å². The second-order valence-corrected chi connectivity index (χ2v) is 4.82. The average Bonchev–Trinajstić information content (AvgIpc) is 3.17. The van der Waals surface area contributed by atoms with Gasteiger partial charge in [0, 0.05) is 23.4 Å². The lowest BCUT2D eigenvalue weighted by atomic mass is 10.1. The highest BCUT2D eigenvalue weighted by Gasteiger charge is 2.41. The molecular formula is C13H16ClNO2. The summed E-state index contributed by atoms with van der Waals surface area (Å²) in [5, 5.41) is 2.93. The van der Waals surface area contributed by atoms with Crippen LogP contribution in [0.3, 0.4) is 0 Å². The van der Waals surface area contributed by atoms with E-state index in [1.54, 1.807) is 19.2 Å². The molecule has 3 nitrogen and oxygen atoms in total. The Morgan fingerprint density at radius 2 is 2.29 bits per heavy atom. The summed E-state index contributed by atoms with van der Waals surface area (Å²) in [5.74, 6) is 1.24. The number of nitrogens with one attached hydrogen (secondary N) is 1. The second kappa shape index (κ2) is 4.96. The fourth-order valence-electron chi connectivity index (χ4n) is 1.67. The molecule has 0 aliphatic heterocycles. The third-order valence-corrected chi connectivity index (χ3v) is 3.76. The molecule has 1 aliphatic rings. The van der Waals surface area contributed by atoms with Gasteiger partial charge in [-0.15, -0.1) is 11.6 Å². The molecule has 1 aromatic rings. The molecule has 0 saturated heterocycles. The molecule has 0 bridgehead atoms. The number of hydrogen-bond donors (Lipinski definition) is 1. The quantitative estimate of drug-likeness (QED) is 0.819. The lowest BCUT2D eigenvalue weighted by molar-refractivity contribution is 0.0946. The van der Waals surface area contributed by atoms with E-state index >= 15 is 0 Å². The smallest absolute Gasteiger partial charge is 0.251 e. The van der Waals surface area contributed by atoms with Crippen LogP contribution in [0.15, 0.2) is 24.3 Å². The number of halogens is 1. The molecule has 1 aliphatic carbocycles. The van der Waals surface area contributed by atoms with Gasteiger partial charge in [-0.2, -0.15) is 0 Å². The van der Waals surface area contributed by atoms with E-state index in [1.807, 2.05) is 12.1 Å². The number of ether oxygens (including phenoxy) is 1. The Kier molecular flexibility index (Phi) is 3.57. The Bertz CT molecular complexity index is 416. The van der Waals surface area contributed by atoms with Gasteiger partial charge >= 0.3 is 0 Å². The van der Waals surface area contributed by atoms with Crippen LogP contribution in [0.2, 0.25) is 0 Å². The molecule has 1 fully saturated rings. The number of hydrogen-bond acceptors (Lipinski definition) is 2. The van der Waals surface area contributed by atoms with Crippen molar-refractivity contribution in [3.8, 4) is 5.75 Å². The molecule has 2 rings (SSSR count). The minimum atomic E-state index is -0.0692. The van der Waals surface area contributed by atoms with Crippen LogP contribution in [0.4, 0.5) is 0 Å². The maximum Gasteiger partial charge on any atom is 0.251 e. The summed E-state index contributed by atoms with van der Waals surface area (Å²) in [7, 11) is 1.59. The van der Waals surface area contributed by atoms with Gasteiger partial charge in [0.05, 0.1) is 7.11 Å². The van der Waals surface area contributed by atoms with Gasteiger partial charge in [0.25, 0.3) is 5.91 Å². The predicted octanol–water partition coefficient (Wildman–Crippen LogP) is 2.44. The maximum absolute atomic E-state index is 11.9. The molecule has 1 saturated carbocycles. The first-order chi connectivity index (χ1) is 8.19. The Balaban J connectivity index is 1.95. The molecule has 1 N–H and O–H groups in total. The van der Waals surface area contributed by atoms with Gasteiger partial charge in [0.2, 0.25) is 0 Å². The number of carbonyl (C=O) groups is 1. The fourth-order valence-corrected chi connectivity index (χ4v) is 2.03. The largest absolute Gasteiger partial charge is 0.497 e. The minimum absolute atomic E-state index is 0.0692. The maximum atomic E-state index is 11.9. The van der Waals surface area contributed by atoms with E-state index in [4.69, 9.17) is 16.3 Å². The average molecular weight is 254 g/mol. The SMILES string of the molecule is COc1cccc(C(=O)NCC2(CCl)CC2)c1. The van der Waals surface area contributed by atoms with Crippen LogP contribution in [0.5, 0.6) is 5.75 Å². The normalized spacial score (nSPS) is 16.4. The number of amides is 1. The summed E-state index contributed by atoms with van der Waals surface area (Å²) >= 11 is 5.86. The number of alkyl halides is 1. The zero-order valence-corrected chi connectivity index (χ0v) is 10.6. The van der Waals surface area contributed by atoms with E-state index in [9.17, 15) is 4.79 Å². The Labute approximate surface area is 106 Å². The highest BCUT2D eigenvalue weighted by Crippen LogP contribution is 2.45. The molecule has 1 amide bonds. The molecule has 4 heteroatoms. The van der Waals surface area contributed by atoms with Crippen molar-refractivity contribution in [2.75, 3.05) is 19.5 Å². The van der Waals surface area contributed by atoms with E-state index in [0.29, 0.717) is 23.7 Å². The fraction of sp³-hybridized carbons (Fsp3) is 0.462. The van der Waals surface area contributed by atoms with Crippen molar-refractivity contribution in [2.45, 2.75) is 12.8 Å². The number of carbonyl (C=O) groups excluding carboxylic acids is 1. The monoisotopic (exact) mass is 253 g/mol. The third kappa shape index (κ3) is 2.91. The van der Waals surface area contributed by atoms with Gasteiger partial charge in [0.1, 0.15) is 5.75 Å². The first kappa shape index (κ1) is 12.2.